The summed E-state index contributed by atoms with van der Waals surface area (Å²) in [5.41, 5.74) is 1.58. The lowest BCUT2D eigenvalue weighted by Gasteiger charge is -2.25. The zero-order valence-corrected chi connectivity index (χ0v) is 10.4. The zero-order chi connectivity index (χ0) is 13.8. The van der Waals surface area contributed by atoms with E-state index < -0.39 is 30.6 Å². The summed E-state index contributed by atoms with van der Waals surface area (Å²) in [7, 11) is 1.20. The summed E-state index contributed by atoms with van der Waals surface area (Å²) >= 11 is 0. The Kier molecular flexibility index (Phi) is 3.97. The van der Waals surface area contributed by atoms with Gasteiger partial charge in [-0.25, -0.2) is 0 Å². The summed E-state index contributed by atoms with van der Waals surface area (Å²) in [5, 5.41) is 10.1. The van der Waals surface area contributed by atoms with E-state index in [2.05, 4.69) is 4.74 Å². The lowest BCUT2D eigenvalue weighted by Crippen LogP contribution is -2.27. The first-order valence-corrected chi connectivity index (χ1v) is 5.83. The maximum atomic E-state index is 11.5. The van der Waals surface area contributed by atoms with E-state index in [0.29, 0.717) is 5.56 Å². The van der Waals surface area contributed by atoms with Crippen molar-refractivity contribution in [3.8, 4) is 0 Å². The van der Waals surface area contributed by atoms with Crippen molar-refractivity contribution in [1.29, 1.82) is 0 Å². The van der Waals surface area contributed by atoms with Gasteiger partial charge in [0.2, 0.25) is 0 Å². The van der Waals surface area contributed by atoms with Crippen molar-refractivity contribution in [3.05, 3.63) is 41.5 Å². The first-order valence-electron chi connectivity index (χ1n) is 5.83. The highest BCUT2D eigenvalue weighted by molar-refractivity contribution is 5.91. The molecule has 0 heterocycles. The molecule has 1 aliphatic rings. The predicted molar refractivity (Wildman–Crippen MR) is 66.9 cm³/mol. The number of methoxy groups -OCH3 is 1. The molecule has 0 saturated carbocycles. The fourth-order valence-corrected chi connectivity index (χ4v) is 1.90. The zero-order valence-electron chi connectivity index (χ0n) is 10.4. The molecule has 5 nitrogen and oxygen atoms in total. The highest BCUT2D eigenvalue weighted by Gasteiger charge is 2.27. The number of benzene rings is 1. The van der Waals surface area contributed by atoms with Crippen molar-refractivity contribution in [2.75, 3.05) is 7.11 Å². The molecule has 2 rings (SSSR count). The molecular weight excluding hydrogens is 248 g/mol. The van der Waals surface area contributed by atoms with Gasteiger partial charge in [0, 0.05) is 0 Å². The summed E-state index contributed by atoms with van der Waals surface area (Å²) < 4.78 is 9.43. The highest BCUT2D eigenvalue weighted by atomic mass is 16.6. The molecule has 1 aromatic carbocycles. The van der Waals surface area contributed by atoms with Gasteiger partial charge in [-0.1, -0.05) is 30.3 Å². The molecule has 0 amide bonds. The van der Waals surface area contributed by atoms with E-state index in [9.17, 15) is 14.7 Å². The third kappa shape index (κ3) is 3.00. The molecule has 0 fully saturated rings. The fourth-order valence-electron chi connectivity index (χ4n) is 1.90. The van der Waals surface area contributed by atoms with E-state index in [0.717, 1.165) is 5.56 Å². The molecule has 100 valence electrons. The number of carbonyl (C=O) groups excluding carboxylic acids is 2. The third-order valence-corrected chi connectivity index (χ3v) is 2.88. The van der Waals surface area contributed by atoms with Gasteiger partial charge in [-0.2, -0.15) is 0 Å². The van der Waals surface area contributed by atoms with Gasteiger partial charge in [-0.3, -0.25) is 9.59 Å². The van der Waals surface area contributed by atoms with Gasteiger partial charge in [0.15, 0.2) is 6.10 Å². The van der Waals surface area contributed by atoms with Crippen LogP contribution in [0.2, 0.25) is 0 Å². The van der Waals surface area contributed by atoms with E-state index in [4.69, 9.17) is 4.74 Å². The minimum atomic E-state index is -0.928. The Bertz CT molecular complexity index is 520. The Hall–Kier alpha value is -2.14. The molecule has 0 saturated heterocycles. The van der Waals surface area contributed by atoms with Crippen molar-refractivity contribution in [1.82, 2.24) is 0 Å². The van der Waals surface area contributed by atoms with Crippen LogP contribution in [0.1, 0.15) is 23.7 Å². The van der Waals surface area contributed by atoms with Crippen LogP contribution in [0, 0.1) is 0 Å². The molecule has 0 radical (unpaired) electrons. The summed E-state index contributed by atoms with van der Waals surface area (Å²) in [6, 6.07) is 7.29. The Labute approximate surface area is 110 Å². The van der Waals surface area contributed by atoms with Gasteiger partial charge in [0.1, 0.15) is 12.5 Å². The van der Waals surface area contributed by atoms with Crippen LogP contribution in [0.4, 0.5) is 0 Å². The monoisotopic (exact) mass is 262 g/mol. The SMILES string of the molecule is COC(=O)CC(=O)O[C@@H]1C=Cc2ccccc2[C@@H]1O. The molecule has 1 aliphatic carbocycles. The minimum absolute atomic E-state index is 0.463. The molecule has 0 unspecified atom stereocenters. The van der Waals surface area contributed by atoms with Crippen LogP contribution >= 0.6 is 0 Å². The van der Waals surface area contributed by atoms with E-state index in [1.165, 1.54) is 7.11 Å². The molecule has 0 spiro atoms. The normalized spacial score (nSPS) is 20.5. The largest absolute Gasteiger partial charge is 0.469 e. The van der Waals surface area contributed by atoms with Crippen molar-refractivity contribution in [2.24, 2.45) is 0 Å². The third-order valence-electron chi connectivity index (χ3n) is 2.88. The van der Waals surface area contributed by atoms with Crippen LogP contribution in [0.25, 0.3) is 6.08 Å². The molecule has 0 aromatic heterocycles. The first-order chi connectivity index (χ1) is 9.11. The summed E-state index contributed by atoms with van der Waals surface area (Å²) in [6.45, 7) is 0. The number of ether oxygens (including phenoxy) is 2. The van der Waals surface area contributed by atoms with Crippen LogP contribution in [-0.2, 0) is 19.1 Å². The Morgan fingerprint density at radius 1 is 1.26 bits per heavy atom. The summed E-state index contributed by atoms with van der Waals surface area (Å²) in [4.78, 5) is 22.4. The van der Waals surface area contributed by atoms with Crippen molar-refractivity contribution in [2.45, 2.75) is 18.6 Å². The van der Waals surface area contributed by atoms with E-state index >= 15 is 0 Å². The van der Waals surface area contributed by atoms with E-state index in [1.807, 2.05) is 12.1 Å². The van der Waals surface area contributed by atoms with Gasteiger partial charge < -0.3 is 14.6 Å². The van der Waals surface area contributed by atoms with Crippen LogP contribution in [0.5, 0.6) is 0 Å². The van der Waals surface area contributed by atoms with Gasteiger partial charge in [0.05, 0.1) is 7.11 Å². The number of fused-ring (bicyclic) bond motifs is 1. The van der Waals surface area contributed by atoms with Crippen molar-refractivity contribution < 1.29 is 24.2 Å². The number of aliphatic hydroxyl groups excluding tert-OH is 1. The molecule has 5 heteroatoms. The van der Waals surface area contributed by atoms with Gasteiger partial charge in [-0.15, -0.1) is 0 Å². The fraction of sp³-hybridized carbons (Fsp3) is 0.286. The quantitative estimate of drug-likeness (QED) is 0.655. The van der Waals surface area contributed by atoms with Crippen molar-refractivity contribution in [3.63, 3.8) is 0 Å². The molecule has 0 aliphatic heterocycles. The Balaban J connectivity index is 2.04. The van der Waals surface area contributed by atoms with E-state index in [1.54, 1.807) is 24.3 Å². The van der Waals surface area contributed by atoms with Crippen LogP contribution < -0.4 is 0 Å². The van der Waals surface area contributed by atoms with Crippen LogP contribution in [0.3, 0.4) is 0 Å². The minimum Gasteiger partial charge on any atom is -0.469 e. The lowest BCUT2D eigenvalue weighted by molar-refractivity contribution is -0.158. The van der Waals surface area contributed by atoms with Crippen LogP contribution in [-0.4, -0.2) is 30.3 Å². The maximum Gasteiger partial charge on any atom is 0.317 e. The second kappa shape index (κ2) is 5.67. The lowest BCUT2D eigenvalue weighted by atomic mass is 9.93. The van der Waals surface area contributed by atoms with Gasteiger partial charge in [0.25, 0.3) is 0 Å². The second-order valence-electron chi connectivity index (χ2n) is 4.14. The Morgan fingerprint density at radius 2 is 2.00 bits per heavy atom. The van der Waals surface area contributed by atoms with E-state index in [-0.39, 0.29) is 0 Å². The number of aliphatic hydroxyl groups is 1. The predicted octanol–water partition coefficient (Wildman–Crippen LogP) is 1.22. The second-order valence-corrected chi connectivity index (χ2v) is 4.14. The Morgan fingerprint density at radius 3 is 2.74 bits per heavy atom. The average Bonchev–Trinajstić information content (AvgIpc) is 2.42. The van der Waals surface area contributed by atoms with Gasteiger partial charge in [-0.05, 0) is 17.2 Å². The van der Waals surface area contributed by atoms with Crippen molar-refractivity contribution >= 4 is 18.0 Å². The maximum absolute atomic E-state index is 11.5. The number of esters is 2. The first kappa shape index (κ1) is 13.3. The molecule has 2 atom stereocenters. The highest BCUT2D eigenvalue weighted by Crippen LogP contribution is 2.29. The molecule has 1 N–H and O–H groups in total. The topological polar surface area (TPSA) is 72.8 Å². The molecular formula is C14H14O5. The number of hydrogen-bond donors (Lipinski definition) is 1. The molecule has 19 heavy (non-hydrogen) atoms. The standard InChI is InChI=1S/C14H14O5/c1-18-12(15)8-13(16)19-11-7-6-9-4-2-3-5-10(9)14(11)17/h2-7,11,14,17H,8H2,1H3/t11-,14+/m1/s1. The average molecular weight is 262 g/mol. The summed E-state index contributed by atoms with van der Waals surface area (Å²) in [6.07, 6.45) is 1.20. The smallest absolute Gasteiger partial charge is 0.317 e. The number of hydrogen-bond acceptors (Lipinski definition) is 5. The number of rotatable bonds is 3. The summed E-state index contributed by atoms with van der Waals surface area (Å²) in [5.74, 6) is -1.39. The number of carbonyl (C=O) groups is 2. The molecule has 0 bridgehead atoms. The van der Waals surface area contributed by atoms with Crippen LogP contribution in [0.15, 0.2) is 30.3 Å². The van der Waals surface area contributed by atoms with Gasteiger partial charge >= 0.3 is 11.9 Å². The molecule has 1 aromatic rings.